The van der Waals surface area contributed by atoms with E-state index in [-0.39, 0.29) is 11.9 Å². The van der Waals surface area contributed by atoms with E-state index >= 15 is 0 Å². The number of carbonyl (C=O) groups excluding carboxylic acids is 1. The third kappa shape index (κ3) is 3.97. The van der Waals surface area contributed by atoms with Gasteiger partial charge in [-0.25, -0.2) is 0 Å². The molecule has 2 rings (SSSR count). The molecule has 2 aromatic rings. The van der Waals surface area contributed by atoms with Gasteiger partial charge in [-0.1, -0.05) is 37.3 Å². The monoisotopic (exact) mass is 284 g/mol. The minimum absolute atomic E-state index is 0.206. The summed E-state index contributed by atoms with van der Waals surface area (Å²) in [5, 5.41) is 0. The highest BCUT2D eigenvalue weighted by atomic mass is 16.2. The van der Waals surface area contributed by atoms with Gasteiger partial charge in [0.15, 0.2) is 0 Å². The molecule has 1 heterocycles. The Bertz CT molecular complexity index is 572. The van der Waals surface area contributed by atoms with E-state index in [9.17, 15) is 4.79 Å². The van der Waals surface area contributed by atoms with E-state index in [2.05, 4.69) is 54.9 Å². The summed E-state index contributed by atoms with van der Waals surface area (Å²) in [5.74, 6) is 0.206. The van der Waals surface area contributed by atoms with Crippen molar-refractivity contribution in [1.82, 2.24) is 9.47 Å². The Labute approximate surface area is 127 Å². The molecule has 0 unspecified atom stereocenters. The van der Waals surface area contributed by atoms with Crippen LogP contribution >= 0.6 is 0 Å². The molecule has 21 heavy (non-hydrogen) atoms. The van der Waals surface area contributed by atoms with Gasteiger partial charge in [0.2, 0.25) is 5.91 Å². The van der Waals surface area contributed by atoms with E-state index in [0.717, 1.165) is 6.54 Å². The summed E-state index contributed by atoms with van der Waals surface area (Å²) < 4.78 is 2.22. The van der Waals surface area contributed by atoms with Gasteiger partial charge in [0.1, 0.15) is 0 Å². The van der Waals surface area contributed by atoms with Crippen LogP contribution in [0, 0.1) is 0 Å². The average molecular weight is 284 g/mol. The molecular weight excluding hydrogens is 260 g/mol. The van der Waals surface area contributed by atoms with Gasteiger partial charge in [-0.3, -0.25) is 4.79 Å². The second kappa shape index (κ2) is 7.11. The third-order valence-corrected chi connectivity index (χ3v) is 3.70. The summed E-state index contributed by atoms with van der Waals surface area (Å²) in [6, 6.07) is 14.8. The van der Waals surface area contributed by atoms with Crippen molar-refractivity contribution in [3.05, 3.63) is 59.9 Å². The second-order valence-electron chi connectivity index (χ2n) is 5.58. The number of amides is 1. The maximum atomic E-state index is 12.1. The van der Waals surface area contributed by atoms with E-state index in [1.807, 2.05) is 24.0 Å². The predicted octanol–water partition coefficient (Wildman–Crippen LogP) is 3.68. The van der Waals surface area contributed by atoms with E-state index in [0.29, 0.717) is 13.0 Å². The van der Waals surface area contributed by atoms with Crippen molar-refractivity contribution in [1.29, 1.82) is 0 Å². The average Bonchev–Trinajstić information content (AvgIpc) is 2.92. The molecule has 0 radical (unpaired) electrons. The fraction of sp³-hybridized carbons (Fsp3) is 0.389. The Balaban J connectivity index is 2.14. The topological polar surface area (TPSA) is 25.2 Å². The van der Waals surface area contributed by atoms with Crippen molar-refractivity contribution in [2.24, 2.45) is 0 Å². The van der Waals surface area contributed by atoms with Gasteiger partial charge in [-0.05, 0) is 31.5 Å². The van der Waals surface area contributed by atoms with Gasteiger partial charge in [0.05, 0.1) is 6.54 Å². The SMILES string of the molecule is CCC(=O)N(Cc1cccn1Cc1ccccc1)C(C)C. The van der Waals surface area contributed by atoms with Gasteiger partial charge >= 0.3 is 0 Å². The Morgan fingerprint density at radius 3 is 2.48 bits per heavy atom. The maximum Gasteiger partial charge on any atom is 0.222 e. The largest absolute Gasteiger partial charge is 0.345 e. The second-order valence-corrected chi connectivity index (χ2v) is 5.58. The number of aromatic nitrogens is 1. The quantitative estimate of drug-likeness (QED) is 0.794. The van der Waals surface area contributed by atoms with Crippen molar-refractivity contribution in [3.63, 3.8) is 0 Å². The molecule has 0 saturated carbocycles. The smallest absolute Gasteiger partial charge is 0.222 e. The Morgan fingerprint density at radius 2 is 1.86 bits per heavy atom. The first-order chi connectivity index (χ1) is 10.1. The Kier molecular flexibility index (Phi) is 5.20. The summed E-state index contributed by atoms with van der Waals surface area (Å²) in [5.41, 5.74) is 2.45. The molecule has 0 saturated heterocycles. The van der Waals surface area contributed by atoms with Crippen LogP contribution in [0.25, 0.3) is 0 Å². The van der Waals surface area contributed by atoms with Crippen molar-refractivity contribution < 1.29 is 4.79 Å². The highest BCUT2D eigenvalue weighted by Crippen LogP contribution is 2.13. The van der Waals surface area contributed by atoms with Crippen LogP contribution in [0.2, 0.25) is 0 Å². The molecule has 0 aliphatic heterocycles. The van der Waals surface area contributed by atoms with Gasteiger partial charge in [-0.2, -0.15) is 0 Å². The molecule has 0 aliphatic carbocycles. The molecule has 112 valence electrons. The molecule has 0 fully saturated rings. The molecule has 3 nitrogen and oxygen atoms in total. The van der Waals surface area contributed by atoms with Crippen LogP contribution in [-0.4, -0.2) is 21.4 Å². The molecule has 3 heteroatoms. The summed E-state index contributed by atoms with van der Waals surface area (Å²) in [4.78, 5) is 14.0. The number of hydrogen-bond acceptors (Lipinski definition) is 1. The van der Waals surface area contributed by atoms with Crippen LogP contribution < -0.4 is 0 Å². The van der Waals surface area contributed by atoms with Crippen molar-refractivity contribution in [2.75, 3.05) is 0 Å². The lowest BCUT2D eigenvalue weighted by Crippen LogP contribution is -2.36. The van der Waals surface area contributed by atoms with Crippen molar-refractivity contribution >= 4 is 5.91 Å². The summed E-state index contributed by atoms with van der Waals surface area (Å²) in [7, 11) is 0. The van der Waals surface area contributed by atoms with E-state index in [4.69, 9.17) is 0 Å². The number of nitrogens with zero attached hydrogens (tertiary/aromatic N) is 2. The number of carbonyl (C=O) groups is 1. The van der Waals surface area contributed by atoms with Crippen LogP contribution in [-0.2, 0) is 17.9 Å². The highest BCUT2D eigenvalue weighted by molar-refractivity contribution is 5.76. The zero-order chi connectivity index (χ0) is 15.2. The van der Waals surface area contributed by atoms with Crippen LogP contribution in [0.3, 0.4) is 0 Å². The number of hydrogen-bond donors (Lipinski definition) is 0. The van der Waals surface area contributed by atoms with Crippen LogP contribution in [0.1, 0.15) is 38.4 Å². The number of benzene rings is 1. The fourth-order valence-electron chi connectivity index (χ4n) is 2.46. The lowest BCUT2D eigenvalue weighted by Gasteiger charge is -2.27. The van der Waals surface area contributed by atoms with Crippen molar-refractivity contribution in [3.8, 4) is 0 Å². The molecule has 0 bridgehead atoms. The maximum absolute atomic E-state index is 12.1. The first-order valence-electron chi connectivity index (χ1n) is 7.59. The van der Waals surface area contributed by atoms with Crippen molar-refractivity contribution in [2.45, 2.75) is 46.3 Å². The van der Waals surface area contributed by atoms with Gasteiger partial charge in [0.25, 0.3) is 0 Å². The first-order valence-corrected chi connectivity index (χ1v) is 7.59. The zero-order valence-electron chi connectivity index (χ0n) is 13.1. The number of rotatable bonds is 6. The lowest BCUT2D eigenvalue weighted by molar-refractivity contribution is -0.133. The molecule has 0 N–H and O–H groups in total. The minimum atomic E-state index is 0.206. The van der Waals surface area contributed by atoms with Crippen LogP contribution in [0.5, 0.6) is 0 Å². The Hall–Kier alpha value is -2.03. The van der Waals surface area contributed by atoms with Gasteiger partial charge in [-0.15, -0.1) is 0 Å². The molecule has 1 aromatic carbocycles. The zero-order valence-corrected chi connectivity index (χ0v) is 13.1. The van der Waals surface area contributed by atoms with E-state index < -0.39 is 0 Å². The molecule has 0 spiro atoms. The normalized spacial score (nSPS) is 10.9. The van der Waals surface area contributed by atoms with E-state index in [1.54, 1.807) is 0 Å². The van der Waals surface area contributed by atoms with Crippen LogP contribution in [0.4, 0.5) is 0 Å². The standard InChI is InChI=1S/C18H24N2O/c1-4-18(21)20(15(2)3)14-17-11-8-12-19(17)13-16-9-6-5-7-10-16/h5-12,15H,4,13-14H2,1-3H3. The minimum Gasteiger partial charge on any atom is -0.345 e. The Morgan fingerprint density at radius 1 is 1.14 bits per heavy atom. The predicted molar refractivity (Wildman–Crippen MR) is 86.0 cm³/mol. The summed E-state index contributed by atoms with van der Waals surface area (Å²) >= 11 is 0. The van der Waals surface area contributed by atoms with Gasteiger partial charge in [0, 0.05) is 30.9 Å². The lowest BCUT2D eigenvalue weighted by atomic mass is 10.2. The molecule has 0 aliphatic rings. The molecule has 0 atom stereocenters. The molecular formula is C18H24N2O. The van der Waals surface area contributed by atoms with E-state index in [1.165, 1.54) is 11.3 Å². The molecule has 1 aromatic heterocycles. The third-order valence-electron chi connectivity index (χ3n) is 3.70. The molecule has 1 amide bonds. The van der Waals surface area contributed by atoms with Crippen LogP contribution in [0.15, 0.2) is 48.7 Å². The summed E-state index contributed by atoms with van der Waals surface area (Å²) in [6.45, 7) is 7.57. The first kappa shape index (κ1) is 15.4. The highest BCUT2D eigenvalue weighted by Gasteiger charge is 2.17. The summed E-state index contributed by atoms with van der Waals surface area (Å²) in [6.07, 6.45) is 2.63. The van der Waals surface area contributed by atoms with Gasteiger partial charge < -0.3 is 9.47 Å². The fourth-order valence-corrected chi connectivity index (χ4v) is 2.46.